The summed E-state index contributed by atoms with van der Waals surface area (Å²) in [6, 6.07) is 3.69. The maximum atomic E-state index is 10.2. The molecule has 0 amide bonds. The highest BCUT2D eigenvalue weighted by molar-refractivity contribution is 5.35. The molecule has 3 rings (SSSR count). The summed E-state index contributed by atoms with van der Waals surface area (Å²) in [5.74, 6) is 1.30. The maximum Gasteiger partial charge on any atom is 0.228 e. The first-order valence-electron chi connectivity index (χ1n) is 8.16. The summed E-state index contributed by atoms with van der Waals surface area (Å²) in [6.07, 6.45) is 3.16. The molecular weight excluding hydrogens is 308 g/mol. The number of aromatic nitrogens is 4. The van der Waals surface area contributed by atoms with E-state index < -0.39 is 6.10 Å². The Morgan fingerprint density at radius 1 is 1.21 bits per heavy atom. The number of methoxy groups -OCH3 is 1. The number of aryl methyl sites for hydroxylation is 1. The minimum atomic E-state index is -0.424. The minimum Gasteiger partial charge on any atom is -0.481 e. The van der Waals surface area contributed by atoms with Gasteiger partial charge >= 0.3 is 0 Å². The molecule has 3 heterocycles. The van der Waals surface area contributed by atoms with Gasteiger partial charge in [-0.05, 0) is 13.0 Å². The van der Waals surface area contributed by atoms with Crippen LogP contribution in [0.5, 0.6) is 5.88 Å². The number of ether oxygens (including phenoxy) is 1. The number of piperazine rings is 1. The van der Waals surface area contributed by atoms with E-state index >= 15 is 0 Å². The Bertz CT molecular complexity index is 640. The fourth-order valence-corrected chi connectivity index (χ4v) is 2.88. The van der Waals surface area contributed by atoms with Crippen molar-refractivity contribution in [1.29, 1.82) is 0 Å². The Morgan fingerprint density at radius 2 is 2.00 bits per heavy atom. The molecule has 0 saturated carbocycles. The molecule has 8 heteroatoms. The summed E-state index contributed by atoms with van der Waals surface area (Å²) < 4.78 is 6.98. The van der Waals surface area contributed by atoms with Crippen molar-refractivity contribution in [2.75, 3.05) is 44.7 Å². The molecule has 2 aromatic heterocycles. The van der Waals surface area contributed by atoms with E-state index in [2.05, 4.69) is 24.9 Å². The fourth-order valence-electron chi connectivity index (χ4n) is 2.88. The summed E-state index contributed by atoms with van der Waals surface area (Å²) in [6.45, 7) is 6.51. The Labute approximate surface area is 141 Å². The van der Waals surface area contributed by atoms with E-state index in [1.54, 1.807) is 18.0 Å². The minimum absolute atomic E-state index is 0.424. The van der Waals surface area contributed by atoms with Crippen molar-refractivity contribution in [2.24, 2.45) is 0 Å². The molecule has 0 aliphatic carbocycles. The van der Waals surface area contributed by atoms with Crippen LogP contribution in [-0.2, 0) is 6.54 Å². The van der Waals surface area contributed by atoms with Crippen LogP contribution in [0.2, 0.25) is 0 Å². The average molecular weight is 332 g/mol. The lowest BCUT2D eigenvalue weighted by molar-refractivity contribution is 0.0919. The SMILES string of the molecule is COc1cc(C)nc(N2CCN(C[C@@H](O)Cn3cccn3)CC2)n1. The standard InChI is InChI=1S/C16H24N6O2/c1-13-10-15(24-2)19-16(18-13)21-8-6-20(7-9-21)11-14(23)12-22-5-3-4-17-22/h3-5,10,14,23H,6-9,11-12H2,1-2H3/t14-/m1/s1. The highest BCUT2D eigenvalue weighted by Gasteiger charge is 2.21. The summed E-state index contributed by atoms with van der Waals surface area (Å²) in [7, 11) is 1.62. The molecule has 1 saturated heterocycles. The number of hydrogen-bond acceptors (Lipinski definition) is 7. The van der Waals surface area contributed by atoms with Crippen LogP contribution >= 0.6 is 0 Å². The molecule has 0 radical (unpaired) electrons. The third-order valence-electron chi connectivity index (χ3n) is 4.11. The zero-order chi connectivity index (χ0) is 16.9. The summed E-state index contributed by atoms with van der Waals surface area (Å²) >= 11 is 0. The topological polar surface area (TPSA) is 79.5 Å². The Balaban J connectivity index is 1.51. The molecule has 1 aliphatic rings. The highest BCUT2D eigenvalue weighted by atomic mass is 16.5. The van der Waals surface area contributed by atoms with E-state index in [1.807, 2.05) is 25.3 Å². The van der Waals surface area contributed by atoms with Crippen molar-refractivity contribution >= 4 is 5.95 Å². The molecule has 24 heavy (non-hydrogen) atoms. The summed E-state index contributed by atoms with van der Waals surface area (Å²) in [5, 5.41) is 14.3. The van der Waals surface area contributed by atoms with Crippen molar-refractivity contribution in [3.63, 3.8) is 0 Å². The van der Waals surface area contributed by atoms with E-state index in [1.165, 1.54) is 0 Å². The van der Waals surface area contributed by atoms with Crippen LogP contribution in [0.15, 0.2) is 24.5 Å². The molecule has 2 aromatic rings. The van der Waals surface area contributed by atoms with Gasteiger partial charge in [0, 0.05) is 56.9 Å². The monoisotopic (exact) mass is 332 g/mol. The summed E-state index contributed by atoms with van der Waals surface area (Å²) in [4.78, 5) is 13.3. The maximum absolute atomic E-state index is 10.2. The second-order valence-electron chi connectivity index (χ2n) is 6.02. The van der Waals surface area contributed by atoms with Crippen LogP contribution < -0.4 is 9.64 Å². The molecule has 8 nitrogen and oxygen atoms in total. The highest BCUT2D eigenvalue weighted by Crippen LogP contribution is 2.17. The van der Waals surface area contributed by atoms with Gasteiger partial charge in [-0.2, -0.15) is 10.1 Å². The molecule has 1 fully saturated rings. The van der Waals surface area contributed by atoms with Crippen molar-refractivity contribution in [1.82, 2.24) is 24.6 Å². The number of aliphatic hydroxyl groups excluding tert-OH is 1. The molecule has 1 aliphatic heterocycles. The molecule has 1 N–H and O–H groups in total. The van der Waals surface area contributed by atoms with Gasteiger partial charge in [-0.1, -0.05) is 0 Å². The number of anilines is 1. The summed E-state index contributed by atoms with van der Waals surface area (Å²) in [5.41, 5.74) is 0.897. The Morgan fingerprint density at radius 3 is 2.67 bits per heavy atom. The first kappa shape index (κ1) is 16.7. The quantitative estimate of drug-likeness (QED) is 0.808. The van der Waals surface area contributed by atoms with Gasteiger partial charge in [0.15, 0.2) is 0 Å². The van der Waals surface area contributed by atoms with Gasteiger partial charge in [-0.15, -0.1) is 0 Å². The molecule has 0 aromatic carbocycles. The van der Waals surface area contributed by atoms with Gasteiger partial charge in [0.25, 0.3) is 0 Å². The predicted molar refractivity (Wildman–Crippen MR) is 90.2 cm³/mol. The van der Waals surface area contributed by atoms with Crippen LogP contribution in [0.25, 0.3) is 0 Å². The van der Waals surface area contributed by atoms with E-state index in [-0.39, 0.29) is 0 Å². The van der Waals surface area contributed by atoms with Crippen LogP contribution in [0.3, 0.4) is 0 Å². The van der Waals surface area contributed by atoms with Crippen LogP contribution in [0, 0.1) is 6.92 Å². The van der Waals surface area contributed by atoms with Gasteiger partial charge < -0.3 is 14.7 Å². The second kappa shape index (κ2) is 7.59. The average Bonchev–Trinajstić information content (AvgIpc) is 3.07. The molecular formula is C16H24N6O2. The third kappa shape index (κ3) is 4.21. The zero-order valence-corrected chi connectivity index (χ0v) is 14.2. The lowest BCUT2D eigenvalue weighted by Crippen LogP contribution is -2.49. The van der Waals surface area contributed by atoms with Gasteiger partial charge in [-0.3, -0.25) is 9.58 Å². The van der Waals surface area contributed by atoms with Gasteiger partial charge in [0.1, 0.15) is 0 Å². The smallest absolute Gasteiger partial charge is 0.228 e. The van der Waals surface area contributed by atoms with E-state index in [0.29, 0.717) is 24.9 Å². The molecule has 0 unspecified atom stereocenters. The lowest BCUT2D eigenvalue weighted by Gasteiger charge is -2.35. The van der Waals surface area contributed by atoms with E-state index in [9.17, 15) is 5.11 Å². The van der Waals surface area contributed by atoms with Crippen molar-refractivity contribution in [3.05, 3.63) is 30.2 Å². The lowest BCUT2D eigenvalue weighted by atomic mass is 10.2. The zero-order valence-electron chi connectivity index (χ0n) is 14.2. The van der Waals surface area contributed by atoms with Crippen LogP contribution in [0.1, 0.15) is 5.69 Å². The van der Waals surface area contributed by atoms with Crippen molar-refractivity contribution in [2.45, 2.75) is 19.6 Å². The van der Waals surface area contributed by atoms with Gasteiger partial charge in [0.05, 0.1) is 19.8 Å². The van der Waals surface area contributed by atoms with Gasteiger partial charge in [0.2, 0.25) is 11.8 Å². The molecule has 0 spiro atoms. The van der Waals surface area contributed by atoms with Crippen molar-refractivity contribution in [3.8, 4) is 5.88 Å². The fraction of sp³-hybridized carbons (Fsp3) is 0.562. The number of hydrogen-bond donors (Lipinski definition) is 1. The number of nitrogens with zero attached hydrogens (tertiary/aromatic N) is 6. The van der Waals surface area contributed by atoms with Crippen LogP contribution in [-0.4, -0.2) is 75.7 Å². The molecule has 130 valence electrons. The van der Waals surface area contributed by atoms with Gasteiger partial charge in [-0.25, -0.2) is 4.98 Å². The second-order valence-corrected chi connectivity index (χ2v) is 6.02. The first-order chi connectivity index (χ1) is 11.6. The largest absolute Gasteiger partial charge is 0.481 e. The number of β-amino-alcohol motifs (C(OH)–C–C–N with tert-alkyl or cyclic N) is 1. The first-order valence-corrected chi connectivity index (χ1v) is 8.16. The van der Waals surface area contributed by atoms with Crippen LogP contribution in [0.4, 0.5) is 5.95 Å². The predicted octanol–water partition coefficient (Wildman–Crippen LogP) is 0.173. The van der Waals surface area contributed by atoms with E-state index in [0.717, 1.165) is 31.9 Å². The third-order valence-corrected chi connectivity index (χ3v) is 4.11. The van der Waals surface area contributed by atoms with Crippen molar-refractivity contribution < 1.29 is 9.84 Å². The number of rotatable bonds is 6. The molecule has 1 atom stereocenters. The number of aliphatic hydroxyl groups is 1. The Kier molecular flexibility index (Phi) is 5.27. The Hall–Kier alpha value is -2.19. The van der Waals surface area contributed by atoms with E-state index in [4.69, 9.17) is 4.74 Å². The normalized spacial score (nSPS) is 17.0. The molecule has 0 bridgehead atoms.